The van der Waals surface area contributed by atoms with Crippen LogP contribution in [0.5, 0.6) is 0 Å². The van der Waals surface area contributed by atoms with E-state index in [9.17, 15) is 10.1 Å². The smallest absolute Gasteiger partial charge is 0.157 e. The lowest BCUT2D eigenvalue weighted by Crippen LogP contribution is -2.11. The van der Waals surface area contributed by atoms with Gasteiger partial charge in [-0.1, -0.05) is 12.1 Å². The molecule has 0 saturated heterocycles. The van der Waals surface area contributed by atoms with Gasteiger partial charge in [0.1, 0.15) is 10.8 Å². The molecular weight excluding hydrogens is 334 g/mol. The van der Waals surface area contributed by atoms with Gasteiger partial charge in [-0.2, -0.15) is 10.5 Å². The first-order valence-electron chi connectivity index (χ1n) is 7.62. The number of nitrogens with zero attached hydrogens (tertiary/aromatic N) is 3. The fraction of sp³-hybridized carbons (Fsp3) is 0.158. The van der Waals surface area contributed by atoms with Crippen molar-refractivity contribution in [2.45, 2.75) is 18.8 Å². The molecule has 3 rings (SSSR count). The summed E-state index contributed by atoms with van der Waals surface area (Å²) in [4.78, 5) is 16.8. The summed E-state index contributed by atoms with van der Waals surface area (Å²) >= 11 is 1.30. The molecule has 0 aliphatic rings. The minimum absolute atomic E-state index is 0.167. The number of hydrogen-bond acceptors (Lipinski definition) is 6. The monoisotopic (exact) mass is 347 g/mol. The maximum Gasteiger partial charge on any atom is 0.157 e. The number of furan rings is 1. The second kappa shape index (κ2) is 7.57. The van der Waals surface area contributed by atoms with Gasteiger partial charge in [0.25, 0.3) is 0 Å². The molecule has 0 aliphatic heterocycles. The number of hydrogen-bond donors (Lipinski definition) is 0. The number of benzene rings is 1. The van der Waals surface area contributed by atoms with Gasteiger partial charge in [-0.25, -0.2) is 4.98 Å². The van der Waals surface area contributed by atoms with Gasteiger partial charge >= 0.3 is 0 Å². The number of rotatable bonds is 6. The Morgan fingerprint density at radius 1 is 1.24 bits per heavy atom. The highest BCUT2D eigenvalue weighted by molar-refractivity contribution is 7.10. The summed E-state index contributed by atoms with van der Waals surface area (Å²) in [6.45, 7) is 0. The molecule has 2 aromatic heterocycles. The normalized spacial score (nSPS) is 11.4. The predicted molar refractivity (Wildman–Crippen MR) is 92.7 cm³/mol. The topological polar surface area (TPSA) is 90.7 Å². The van der Waals surface area contributed by atoms with Crippen LogP contribution in [0.1, 0.15) is 28.7 Å². The minimum atomic E-state index is -0.868. The largest absolute Gasteiger partial charge is 0.469 e. The lowest BCUT2D eigenvalue weighted by atomic mass is 10.0. The maximum atomic E-state index is 12.4. The summed E-state index contributed by atoms with van der Waals surface area (Å²) in [5, 5.41) is 20.5. The van der Waals surface area contributed by atoms with E-state index in [1.807, 2.05) is 5.38 Å². The molecule has 6 heteroatoms. The molecule has 0 spiro atoms. The van der Waals surface area contributed by atoms with E-state index >= 15 is 0 Å². The molecule has 1 unspecified atom stereocenters. The average molecular weight is 347 g/mol. The fourth-order valence-electron chi connectivity index (χ4n) is 2.38. The van der Waals surface area contributed by atoms with Crippen LogP contribution in [0.4, 0.5) is 0 Å². The molecule has 2 heterocycles. The van der Waals surface area contributed by atoms with Crippen molar-refractivity contribution in [1.82, 2.24) is 4.98 Å². The molecule has 0 radical (unpaired) electrons. The number of ketones is 1. The predicted octanol–water partition coefficient (Wildman–Crippen LogP) is 4.08. The molecule has 3 aromatic rings. The van der Waals surface area contributed by atoms with Crippen molar-refractivity contribution in [2.24, 2.45) is 0 Å². The van der Waals surface area contributed by atoms with Gasteiger partial charge in [-0.15, -0.1) is 11.3 Å². The Morgan fingerprint density at radius 2 is 2.04 bits per heavy atom. The van der Waals surface area contributed by atoms with Crippen molar-refractivity contribution < 1.29 is 9.21 Å². The highest BCUT2D eigenvalue weighted by Gasteiger charge is 2.23. The number of aromatic nitrogens is 1. The van der Waals surface area contributed by atoms with Crippen LogP contribution >= 0.6 is 11.3 Å². The van der Waals surface area contributed by atoms with Crippen LogP contribution in [-0.2, 0) is 11.2 Å². The quantitative estimate of drug-likeness (QED) is 0.670. The molecule has 5 nitrogen and oxygen atoms in total. The standard InChI is InChI=1S/C19H13N3O2S/c20-10-13-3-5-14(6-4-13)17-12-25-19(22-17)16(11-21)18(23)8-7-15-2-1-9-24-15/h1-6,9,12,16H,7-8H2. The van der Waals surface area contributed by atoms with Crippen molar-refractivity contribution in [1.29, 1.82) is 10.5 Å². The van der Waals surface area contributed by atoms with Crippen LogP contribution in [0.25, 0.3) is 11.3 Å². The van der Waals surface area contributed by atoms with Crippen molar-refractivity contribution in [3.8, 4) is 23.4 Å². The van der Waals surface area contributed by atoms with Crippen LogP contribution in [0.2, 0.25) is 0 Å². The zero-order valence-electron chi connectivity index (χ0n) is 13.2. The van der Waals surface area contributed by atoms with E-state index in [1.54, 1.807) is 42.7 Å². The molecule has 1 atom stereocenters. The Hall–Kier alpha value is -3.22. The molecule has 25 heavy (non-hydrogen) atoms. The van der Waals surface area contributed by atoms with Crippen molar-refractivity contribution in [2.75, 3.05) is 0 Å². The minimum Gasteiger partial charge on any atom is -0.469 e. The zero-order chi connectivity index (χ0) is 17.6. The molecule has 122 valence electrons. The summed E-state index contributed by atoms with van der Waals surface area (Å²) in [5.74, 6) is -0.311. The van der Waals surface area contributed by atoms with Gasteiger partial charge in [0.2, 0.25) is 0 Å². The molecule has 0 bridgehead atoms. The van der Waals surface area contributed by atoms with E-state index in [-0.39, 0.29) is 12.2 Å². The van der Waals surface area contributed by atoms with E-state index in [0.29, 0.717) is 22.7 Å². The first kappa shape index (κ1) is 16.6. The second-order valence-corrected chi connectivity index (χ2v) is 6.26. The molecule has 0 aliphatic carbocycles. The van der Waals surface area contributed by atoms with E-state index in [4.69, 9.17) is 9.68 Å². The third kappa shape index (κ3) is 3.82. The molecule has 0 fully saturated rings. The molecular formula is C19H13N3O2S. The number of carbonyl (C=O) groups is 1. The summed E-state index contributed by atoms with van der Waals surface area (Å²) in [5.41, 5.74) is 2.12. The van der Waals surface area contributed by atoms with Gasteiger partial charge in [0.15, 0.2) is 11.7 Å². The number of carbonyl (C=O) groups excluding carboxylic acids is 1. The Morgan fingerprint density at radius 3 is 2.68 bits per heavy atom. The van der Waals surface area contributed by atoms with Crippen LogP contribution in [0.3, 0.4) is 0 Å². The molecule has 0 amide bonds. The molecule has 0 N–H and O–H groups in total. The van der Waals surface area contributed by atoms with E-state index in [0.717, 1.165) is 11.3 Å². The summed E-state index contributed by atoms with van der Waals surface area (Å²) < 4.78 is 5.21. The third-order valence-electron chi connectivity index (χ3n) is 3.73. The van der Waals surface area contributed by atoms with Crippen molar-refractivity contribution in [3.05, 3.63) is 64.4 Å². The third-order valence-corrected chi connectivity index (χ3v) is 4.64. The lowest BCUT2D eigenvalue weighted by Gasteiger charge is -2.04. The highest BCUT2D eigenvalue weighted by Crippen LogP contribution is 2.28. The number of thiazole rings is 1. The van der Waals surface area contributed by atoms with Crippen LogP contribution in [0.15, 0.2) is 52.5 Å². The summed E-state index contributed by atoms with van der Waals surface area (Å²) in [7, 11) is 0. The average Bonchev–Trinajstić information content (AvgIpc) is 3.33. The number of aryl methyl sites for hydroxylation is 1. The number of Topliss-reactive ketones (excluding diaryl/α,β-unsaturated/α-hetero) is 1. The first-order chi connectivity index (χ1) is 12.2. The Balaban J connectivity index is 1.73. The highest BCUT2D eigenvalue weighted by atomic mass is 32.1. The Bertz CT molecular complexity index is 944. The zero-order valence-corrected chi connectivity index (χ0v) is 14.0. The van der Waals surface area contributed by atoms with Crippen LogP contribution in [0, 0.1) is 22.7 Å². The van der Waals surface area contributed by atoms with E-state index in [2.05, 4.69) is 17.1 Å². The summed E-state index contributed by atoms with van der Waals surface area (Å²) in [6, 6.07) is 14.7. The van der Waals surface area contributed by atoms with Gasteiger partial charge in [0.05, 0.1) is 29.7 Å². The Kier molecular flexibility index (Phi) is 5.03. The van der Waals surface area contributed by atoms with Crippen molar-refractivity contribution >= 4 is 17.1 Å². The lowest BCUT2D eigenvalue weighted by molar-refractivity contribution is -0.119. The molecule has 1 aromatic carbocycles. The Labute approximate surface area is 148 Å². The van der Waals surface area contributed by atoms with Gasteiger partial charge in [0, 0.05) is 23.8 Å². The fourth-order valence-corrected chi connectivity index (χ4v) is 3.27. The van der Waals surface area contributed by atoms with Gasteiger partial charge in [-0.3, -0.25) is 4.79 Å². The second-order valence-electron chi connectivity index (χ2n) is 5.37. The van der Waals surface area contributed by atoms with Gasteiger partial charge in [-0.05, 0) is 24.3 Å². The summed E-state index contributed by atoms with van der Waals surface area (Å²) in [6.07, 6.45) is 2.27. The van der Waals surface area contributed by atoms with Gasteiger partial charge < -0.3 is 4.42 Å². The number of nitriles is 2. The van der Waals surface area contributed by atoms with E-state index in [1.165, 1.54) is 11.3 Å². The van der Waals surface area contributed by atoms with E-state index < -0.39 is 5.92 Å². The van der Waals surface area contributed by atoms with Crippen molar-refractivity contribution in [3.63, 3.8) is 0 Å². The molecule has 0 saturated carbocycles. The SMILES string of the molecule is N#Cc1ccc(-c2csc(C(C#N)C(=O)CCc3ccco3)n2)cc1. The maximum absolute atomic E-state index is 12.4. The van der Waals surface area contributed by atoms with Crippen LogP contribution in [-0.4, -0.2) is 10.8 Å². The first-order valence-corrected chi connectivity index (χ1v) is 8.50. The van der Waals surface area contributed by atoms with Crippen LogP contribution < -0.4 is 0 Å².